The summed E-state index contributed by atoms with van der Waals surface area (Å²) in [6.45, 7) is 4.10. The molecule has 0 saturated carbocycles. The highest BCUT2D eigenvalue weighted by Gasteiger charge is 2.27. The minimum Gasteiger partial charge on any atom is -0.356 e. The van der Waals surface area contributed by atoms with E-state index in [2.05, 4.69) is 15.4 Å². The average molecular weight is 527 g/mol. The summed E-state index contributed by atoms with van der Waals surface area (Å²) in [7, 11) is 1.93. The smallest absolute Gasteiger partial charge is 0.246 e. The molecule has 1 N–H and O–H groups in total. The Bertz CT molecular complexity index is 781. The van der Waals surface area contributed by atoms with E-state index in [4.69, 9.17) is 0 Å². The average Bonchev–Trinajstić information content (AvgIpc) is 3.07. The van der Waals surface area contributed by atoms with Crippen LogP contribution in [0.5, 0.6) is 0 Å². The first-order valence-corrected chi connectivity index (χ1v) is 10.6. The molecule has 0 radical (unpaired) electrons. The van der Waals surface area contributed by atoms with Gasteiger partial charge in [-0.05, 0) is 13.3 Å². The summed E-state index contributed by atoms with van der Waals surface area (Å²) in [5.74, 6) is 0.739. The number of sulfonamides is 1. The van der Waals surface area contributed by atoms with E-state index in [9.17, 15) is 13.2 Å². The van der Waals surface area contributed by atoms with Crippen molar-refractivity contribution >= 4 is 51.6 Å². The van der Waals surface area contributed by atoms with Gasteiger partial charge in [-0.2, -0.15) is 5.10 Å². The lowest BCUT2D eigenvalue weighted by Gasteiger charge is -2.35. The molecular weight excluding hydrogens is 497 g/mol. The number of hydrogen-bond donors (Lipinski definition) is 1. The van der Waals surface area contributed by atoms with Gasteiger partial charge in [0.1, 0.15) is 6.54 Å². The van der Waals surface area contributed by atoms with Gasteiger partial charge in [-0.15, -0.1) is 24.0 Å². The number of aliphatic imine (C=N–C) groups is 1. The first-order valence-electron chi connectivity index (χ1n) is 8.97. The van der Waals surface area contributed by atoms with Crippen molar-refractivity contribution in [2.45, 2.75) is 13.3 Å². The van der Waals surface area contributed by atoms with Gasteiger partial charge < -0.3 is 15.1 Å². The number of amides is 1. The Morgan fingerprint density at radius 1 is 1.39 bits per heavy atom. The molecule has 1 aromatic heterocycles. The summed E-state index contributed by atoms with van der Waals surface area (Å²) in [6.07, 6.45) is 4.15. The number of carbonyl (C=O) groups excluding carboxylic acids is 1. The van der Waals surface area contributed by atoms with Gasteiger partial charge in [-0.3, -0.25) is 14.5 Å². The van der Waals surface area contributed by atoms with Crippen LogP contribution in [-0.2, 0) is 21.9 Å². The third kappa shape index (κ3) is 6.30. The predicted molar refractivity (Wildman–Crippen MR) is 121 cm³/mol. The van der Waals surface area contributed by atoms with Crippen molar-refractivity contribution in [3.8, 4) is 0 Å². The molecule has 2 rings (SSSR count). The van der Waals surface area contributed by atoms with E-state index in [1.165, 1.54) is 4.31 Å². The lowest BCUT2D eigenvalue weighted by atomic mass is 10.3. The fraction of sp³-hybridized carbons (Fsp3) is 0.688. The van der Waals surface area contributed by atoms with Crippen LogP contribution in [0.25, 0.3) is 0 Å². The normalized spacial score (nSPS) is 15.8. The molecule has 160 valence electrons. The van der Waals surface area contributed by atoms with Gasteiger partial charge >= 0.3 is 0 Å². The molecule has 10 nitrogen and oxygen atoms in total. The number of nitrogens with zero attached hydrogens (tertiary/aromatic N) is 6. The lowest BCUT2D eigenvalue weighted by molar-refractivity contribution is -0.120. The van der Waals surface area contributed by atoms with Crippen LogP contribution < -0.4 is 10.2 Å². The van der Waals surface area contributed by atoms with Crippen LogP contribution in [0.2, 0.25) is 0 Å². The summed E-state index contributed by atoms with van der Waals surface area (Å²) in [6, 6.07) is 0. The van der Waals surface area contributed by atoms with Crippen LogP contribution in [-0.4, -0.2) is 91.8 Å². The van der Waals surface area contributed by atoms with Gasteiger partial charge in [0, 0.05) is 53.5 Å². The molecule has 2 heterocycles. The van der Waals surface area contributed by atoms with Gasteiger partial charge in [0.2, 0.25) is 15.9 Å². The number of anilines is 1. The van der Waals surface area contributed by atoms with Crippen LogP contribution in [0.1, 0.15) is 13.3 Å². The van der Waals surface area contributed by atoms with E-state index in [1.54, 1.807) is 36.8 Å². The van der Waals surface area contributed by atoms with Crippen LogP contribution in [0.4, 0.5) is 5.69 Å². The molecule has 0 aromatic carbocycles. The molecule has 28 heavy (non-hydrogen) atoms. The number of hydrogen-bond acceptors (Lipinski definition) is 5. The van der Waals surface area contributed by atoms with E-state index in [-0.39, 0.29) is 42.2 Å². The van der Waals surface area contributed by atoms with E-state index in [0.29, 0.717) is 38.6 Å². The number of piperazine rings is 1. The maximum Gasteiger partial charge on any atom is 0.246 e. The van der Waals surface area contributed by atoms with E-state index < -0.39 is 10.0 Å². The Morgan fingerprint density at radius 2 is 2.11 bits per heavy atom. The molecule has 12 heteroatoms. The van der Waals surface area contributed by atoms with Crippen LogP contribution >= 0.6 is 24.0 Å². The number of guanidine groups is 1. The lowest BCUT2D eigenvalue weighted by Crippen LogP contribution is -2.55. The van der Waals surface area contributed by atoms with Gasteiger partial charge in [0.25, 0.3) is 0 Å². The third-order valence-corrected chi connectivity index (χ3v) is 6.37. The number of rotatable bonds is 7. The minimum atomic E-state index is -3.16. The van der Waals surface area contributed by atoms with E-state index in [1.807, 2.05) is 18.1 Å². The minimum absolute atomic E-state index is 0. The molecule has 0 atom stereocenters. The molecule has 1 aliphatic rings. The monoisotopic (exact) mass is 527 g/mol. The van der Waals surface area contributed by atoms with Crippen LogP contribution in [0.15, 0.2) is 17.4 Å². The highest BCUT2D eigenvalue weighted by Crippen LogP contribution is 2.16. The summed E-state index contributed by atoms with van der Waals surface area (Å²) in [5.41, 5.74) is 0.797. The molecule has 1 saturated heterocycles. The molecule has 0 unspecified atom stereocenters. The fourth-order valence-corrected chi connectivity index (χ4v) is 3.72. The molecular formula is C16H30IN7O3S. The number of halogens is 1. The Morgan fingerprint density at radius 3 is 2.64 bits per heavy atom. The van der Waals surface area contributed by atoms with Gasteiger partial charge in [0.05, 0.1) is 17.6 Å². The zero-order valence-electron chi connectivity index (χ0n) is 16.8. The topological polar surface area (TPSA) is 103 Å². The second-order valence-corrected chi connectivity index (χ2v) is 8.75. The molecule has 1 fully saturated rings. The number of aryl methyl sites for hydroxylation is 1. The van der Waals surface area contributed by atoms with Crippen molar-refractivity contribution in [1.82, 2.24) is 24.3 Å². The Balaban J connectivity index is 0.00000392. The molecule has 0 bridgehead atoms. The SMILES string of the molecule is CCS(=O)(=O)N(C)CCCNC(=NC)N1CCN(c2cnn(C)c2)C(=O)C1.I. The Hall–Kier alpha value is -1.41. The molecule has 1 aliphatic heterocycles. The third-order valence-electron chi connectivity index (χ3n) is 4.51. The van der Waals surface area contributed by atoms with Gasteiger partial charge in [-0.1, -0.05) is 0 Å². The number of carbonyl (C=O) groups is 1. The summed E-state index contributed by atoms with van der Waals surface area (Å²) in [4.78, 5) is 20.4. The summed E-state index contributed by atoms with van der Waals surface area (Å²) in [5, 5.41) is 7.32. The Labute approximate surface area is 184 Å². The van der Waals surface area contributed by atoms with E-state index in [0.717, 1.165) is 5.69 Å². The highest BCUT2D eigenvalue weighted by atomic mass is 127. The maximum absolute atomic E-state index is 12.5. The quantitative estimate of drug-likeness (QED) is 0.231. The van der Waals surface area contributed by atoms with Crippen molar-refractivity contribution in [3.05, 3.63) is 12.4 Å². The van der Waals surface area contributed by atoms with Crippen molar-refractivity contribution in [1.29, 1.82) is 0 Å². The largest absolute Gasteiger partial charge is 0.356 e. The molecule has 0 aliphatic carbocycles. The standard InChI is InChI=1S/C16H29N7O3S.HI/c1-5-27(25,26)21(4)8-6-7-18-16(17-2)22-9-10-23(15(24)13-22)14-11-19-20(3)12-14;/h11-12H,5-10,13H2,1-4H3,(H,17,18);1H. The molecule has 1 amide bonds. The molecule has 0 spiro atoms. The van der Waals surface area contributed by atoms with Crippen molar-refractivity contribution in [2.24, 2.45) is 12.0 Å². The van der Waals surface area contributed by atoms with Crippen LogP contribution in [0, 0.1) is 0 Å². The van der Waals surface area contributed by atoms with Crippen LogP contribution in [0.3, 0.4) is 0 Å². The van der Waals surface area contributed by atoms with Crippen molar-refractivity contribution in [3.63, 3.8) is 0 Å². The highest BCUT2D eigenvalue weighted by molar-refractivity contribution is 14.0. The first kappa shape index (κ1) is 24.6. The number of nitrogens with one attached hydrogen (secondary N) is 1. The van der Waals surface area contributed by atoms with Gasteiger partial charge in [0.15, 0.2) is 5.96 Å². The first-order chi connectivity index (χ1) is 12.8. The summed E-state index contributed by atoms with van der Waals surface area (Å²) < 4.78 is 26.5. The summed E-state index contributed by atoms with van der Waals surface area (Å²) >= 11 is 0. The predicted octanol–water partition coefficient (Wildman–Crippen LogP) is -0.0663. The second-order valence-electron chi connectivity index (χ2n) is 6.39. The molecule has 1 aromatic rings. The number of aromatic nitrogens is 2. The zero-order valence-corrected chi connectivity index (χ0v) is 20.0. The van der Waals surface area contributed by atoms with E-state index >= 15 is 0 Å². The Kier molecular flexibility index (Phi) is 9.63. The maximum atomic E-state index is 12.5. The van der Waals surface area contributed by atoms with Crippen molar-refractivity contribution < 1.29 is 13.2 Å². The van der Waals surface area contributed by atoms with Crippen molar-refractivity contribution in [2.75, 3.05) is 57.5 Å². The zero-order chi connectivity index (χ0) is 20.0. The van der Waals surface area contributed by atoms with Gasteiger partial charge in [-0.25, -0.2) is 12.7 Å². The fourth-order valence-electron chi connectivity index (χ4n) is 2.87. The second kappa shape index (κ2) is 11.0.